The molecule has 0 bridgehead atoms. The van der Waals surface area contributed by atoms with Crippen molar-refractivity contribution in [2.75, 3.05) is 5.73 Å². The molecule has 1 heterocycles. The van der Waals surface area contributed by atoms with E-state index in [1.165, 1.54) is 0 Å². The molecule has 0 aliphatic carbocycles. The van der Waals surface area contributed by atoms with Gasteiger partial charge in [0.25, 0.3) is 0 Å². The van der Waals surface area contributed by atoms with Crippen molar-refractivity contribution >= 4 is 21.7 Å². The number of halogens is 1. The monoisotopic (exact) mass is 307 g/mol. The Morgan fingerprint density at radius 2 is 1.94 bits per heavy atom. The second kappa shape index (κ2) is 5.57. The third kappa shape index (κ3) is 2.58. The SMILES string of the molecule is CCCCn1c(C)nc(-c2ccc(Br)cc2)c1N. The van der Waals surface area contributed by atoms with Gasteiger partial charge in [0.15, 0.2) is 0 Å². The molecule has 0 unspecified atom stereocenters. The lowest BCUT2D eigenvalue weighted by Crippen LogP contribution is -2.04. The van der Waals surface area contributed by atoms with Crippen LogP contribution in [-0.2, 0) is 6.54 Å². The summed E-state index contributed by atoms with van der Waals surface area (Å²) in [6.07, 6.45) is 2.28. The molecule has 0 spiro atoms. The van der Waals surface area contributed by atoms with E-state index in [1.54, 1.807) is 0 Å². The summed E-state index contributed by atoms with van der Waals surface area (Å²) >= 11 is 3.43. The predicted molar refractivity (Wildman–Crippen MR) is 79.4 cm³/mol. The Balaban J connectivity index is 2.37. The number of imidazole rings is 1. The first kappa shape index (κ1) is 13.1. The van der Waals surface area contributed by atoms with Crippen molar-refractivity contribution in [3.63, 3.8) is 0 Å². The van der Waals surface area contributed by atoms with Gasteiger partial charge >= 0.3 is 0 Å². The third-order valence-corrected chi connectivity index (χ3v) is 3.58. The molecule has 18 heavy (non-hydrogen) atoms. The molecule has 0 fully saturated rings. The molecule has 0 amide bonds. The number of unbranched alkanes of at least 4 members (excludes halogenated alkanes) is 1. The summed E-state index contributed by atoms with van der Waals surface area (Å²) in [6, 6.07) is 8.09. The maximum absolute atomic E-state index is 6.20. The number of rotatable bonds is 4. The highest BCUT2D eigenvalue weighted by Crippen LogP contribution is 2.27. The van der Waals surface area contributed by atoms with E-state index in [4.69, 9.17) is 5.73 Å². The Hall–Kier alpha value is -1.29. The van der Waals surface area contributed by atoms with E-state index >= 15 is 0 Å². The number of nitrogens with two attached hydrogens (primary N) is 1. The van der Waals surface area contributed by atoms with Gasteiger partial charge in [-0.05, 0) is 25.5 Å². The van der Waals surface area contributed by atoms with Crippen molar-refractivity contribution in [2.45, 2.75) is 33.2 Å². The minimum Gasteiger partial charge on any atom is -0.383 e. The van der Waals surface area contributed by atoms with E-state index in [0.29, 0.717) is 0 Å². The standard InChI is InChI=1S/C14H18BrN3/c1-3-4-9-18-10(2)17-13(14(18)16)11-5-7-12(15)8-6-11/h5-8H,3-4,9,16H2,1-2H3. The zero-order valence-corrected chi connectivity index (χ0v) is 12.4. The lowest BCUT2D eigenvalue weighted by Gasteiger charge is -2.06. The molecular formula is C14H18BrN3. The number of aryl methyl sites for hydroxylation is 1. The summed E-state index contributed by atoms with van der Waals surface area (Å²) < 4.78 is 3.16. The van der Waals surface area contributed by atoms with Crippen LogP contribution in [0, 0.1) is 6.92 Å². The molecule has 0 saturated carbocycles. The molecule has 0 radical (unpaired) electrons. The van der Waals surface area contributed by atoms with Crippen LogP contribution in [-0.4, -0.2) is 9.55 Å². The Kier molecular flexibility index (Phi) is 4.07. The average molecular weight is 308 g/mol. The van der Waals surface area contributed by atoms with Crippen LogP contribution in [0.1, 0.15) is 25.6 Å². The minimum absolute atomic E-state index is 0.767. The zero-order chi connectivity index (χ0) is 13.1. The normalized spacial score (nSPS) is 10.8. The zero-order valence-electron chi connectivity index (χ0n) is 10.8. The maximum Gasteiger partial charge on any atom is 0.131 e. The molecule has 96 valence electrons. The van der Waals surface area contributed by atoms with Gasteiger partial charge in [-0.1, -0.05) is 41.4 Å². The fraction of sp³-hybridized carbons (Fsp3) is 0.357. The van der Waals surface area contributed by atoms with Gasteiger partial charge in [0.05, 0.1) is 0 Å². The van der Waals surface area contributed by atoms with Crippen LogP contribution in [0.25, 0.3) is 11.3 Å². The number of benzene rings is 1. The van der Waals surface area contributed by atoms with Gasteiger partial charge in [0.2, 0.25) is 0 Å². The van der Waals surface area contributed by atoms with Gasteiger partial charge in [0.1, 0.15) is 17.3 Å². The first-order chi connectivity index (χ1) is 8.63. The lowest BCUT2D eigenvalue weighted by molar-refractivity contribution is 0.622. The van der Waals surface area contributed by atoms with Gasteiger partial charge in [-0.3, -0.25) is 0 Å². The molecule has 2 N–H and O–H groups in total. The van der Waals surface area contributed by atoms with E-state index in [0.717, 1.165) is 46.8 Å². The summed E-state index contributed by atoms with van der Waals surface area (Å²) in [7, 11) is 0. The van der Waals surface area contributed by atoms with Crippen molar-refractivity contribution in [3.8, 4) is 11.3 Å². The fourth-order valence-corrected chi connectivity index (χ4v) is 2.26. The number of hydrogen-bond acceptors (Lipinski definition) is 2. The highest BCUT2D eigenvalue weighted by atomic mass is 79.9. The molecule has 3 nitrogen and oxygen atoms in total. The highest BCUT2D eigenvalue weighted by Gasteiger charge is 2.12. The van der Waals surface area contributed by atoms with Crippen LogP contribution in [0.3, 0.4) is 0 Å². The number of anilines is 1. The topological polar surface area (TPSA) is 43.8 Å². The molecule has 0 atom stereocenters. The smallest absolute Gasteiger partial charge is 0.131 e. The van der Waals surface area contributed by atoms with Gasteiger partial charge in [-0.15, -0.1) is 0 Å². The van der Waals surface area contributed by atoms with Crippen molar-refractivity contribution in [2.24, 2.45) is 0 Å². The van der Waals surface area contributed by atoms with E-state index in [-0.39, 0.29) is 0 Å². The van der Waals surface area contributed by atoms with Crippen LogP contribution in [0.5, 0.6) is 0 Å². The molecule has 1 aromatic heterocycles. The summed E-state index contributed by atoms with van der Waals surface area (Å²) in [6.45, 7) is 5.13. The van der Waals surface area contributed by atoms with Crippen molar-refractivity contribution in [1.82, 2.24) is 9.55 Å². The molecule has 2 aromatic rings. The predicted octanol–water partition coefficient (Wildman–Crippen LogP) is 4.00. The van der Waals surface area contributed by atoms with Crippen LogP contribution < -0.4 is 5.73 Å². The van der Waals surface area contributed by atoms with Crippen LogP contribution in [0.2, 0.25) is 0 Å². The lowest BCUT2D eigenvalue weighted by atomic mass is 10.1. The number of nitrogens with zero attached hydrogens (tertiary/aromatic N) is 2. The first-order valence-corrected chi connectivity index (χ1v) is 7.01. The Morgan fingerprint density at radius 3 is 2.56 bits per heavy atom. The van der Waals surface area contributed by atoms with Gasteiger partial charge in [0, 0.05) is 16.6 Å². The minimum atomic E-state index is 0.767. The summed E-state index contributed by atoms with van der Waals surface area (Å²) in [5.74, 6) is 1.75. The van der Waals surface area contributed by atoms with Crippen molar-refractivity contribution < 1.29 is 0 Å². The number of aromatic nitrogens is 2. The highest BCUT2D eigenvalue weighted by molar-refractivity contribution is 9.10. The second-order valence-electron chi connectivity index (χ2n) is 4.40. The molecule has 0 saturated heterocycles. The Labute approximate surface area is 116 Å². The number of nitrogen functional groups attached to an aromatic ring is 1. The van der Waals surface area contributed by atoms with Crippen LogP contribution in [0.4, 0.5) is 5.82 Å². The quantitative estimate of drug-likeness (QED) is 0.927. The number of hydrogen-bond donors (Lipinski definition) is 1. The molecule has 1 aromatic carbocycles. The first-order valence-electron chi connectivity index (χ1n) is 6.22. The summed E-state index contributed by atoms with van der Waals surface area (Å²) in [5, 5.41) is 0. The largest absolute Gasteiger partial charge is 0.383 e. The van der Waals surface area contributed by atoms with E-state index in [1.807, 2.05) is 31.2 Å². The molecular weight excluding hydrogens is 290 g/mol. The van der Waals surface area contributed by atoms with E-state index in [9.17, 15) is 0 Å². The van der Waals surface area contributed by atoms with E-state index < -0.39 is 0 Å². The van der Waals surface area contributed by atoms with Crippen LogP contribution >= 0.6 is 15.9 Å². The fourth-order valence-electron chi connectivity index (χ4n) is 2.00. The van der Waals surface area contributed by atoms with Gasteiger partial charge < -0.3 is 10.3 Å². The molecule has 0 aliphatic heterocycles. The van der Waals surface area contributed by atoms with Gasteiger partial charge in [-0.25, -0.2) is 4.98 Å². The molecule has 4 heteroatoms. The van der Waals surface area contributed by atoms with Crippen molar-refractivity contribution in [3.05, 3.63) is 34.6 Å². The van der Waals surface area contributed by atoms with Crippen LogP contribution in [0.15, 0.2) is 28.7 Å². The third-order valence-electron chi connectivity index (χ3n) is 3.05. The Bertz CT molecular complexity index is 529. The maximum atomic E-state index is 6.20. The summed E-state index contributed by atoms with van der Waals surface area (Å²) in [5.41, 5.74) is 8.15. The van der Waals surface area contributed by atoms with Gasteiger partial charge in [-0.2, -0.15) is 0 Å². The Morgan fingerprint density at radius 1 is 1.28 bits per heavy atom. The van der Waals surface area contributed by atoms with Crippen molar-refractivity contribution in [1.29, 1.82) is 0 Å². The van der Waals surface area contributed by atoms with E-state index in [2.05, 4.69) is 32.4 Å². The molecule has 2 rings (SSSR count). The summed E-state index contributed by atoms with van der Waals surface area (Å²) in [4.78, 5) is 4.59. The average Bonchev–Trinajstić information content (AvgIpc) is 2.64. The second-order valence-corrected chi connectivity index (χ2v) is 5.32. The molecule has 0 aliphatic rings.